The molecule has 4 aromatic heterocycles. The molecule has 5 rings (SSSR count). The number of nitrogens with one attached hydrogen (secondary N) is 1. The van der Waals surface area contributed by atoms with Gasteiger partial charge in [-0.1, -0.05) is 18.2 Å². The maximum Gasteiger partial charge on any atom is 0.274 e. The Hall–Kier alpha value is -4.86. The zero-order valence-corrected chi connectivity index (χ0v) is 20.1. The summed E-state index contributed by atoms with van der Waals surface area (Å²) in [5.74, 6) is 0.0203. The van der Waals surface area contributed by atoms with E-state index in [1.54, 1.807) is 24.1 Å². The molecular formula is C26H24N8O2. The Morgan fingerprint density at radius 3 is 2.72 bits per heavy atom. The van der Waals surface area contributed by atoms with E-state index in [9.17, 15) is 4.79 Å². The summed E-state index contributed by atoms with van der Waals surface area (Å²) in [6.07, 6.45) is 3.55. The van der Waals surface area contributed by atoms with Gasteiger partial charge in [0, 0.05) is 36.5 Å². The summed E-state index contributed by atoms with van der Waals surface area (Å²) in [6.45, 7) is 2.10. The van der Waals surface area contributed by atoms with Crippen molar-refractivity contribution >= 4 is 22.6 Å². The van der Waals surface area contributed by atoms with Crippen molar-refractivity contribution in [1.82, 2.24) is 35.0 Å². The number of anilines is 1. The van der Waals surface area contributed by atoms with Crippen molar-refractivity contribution in [2.45, 2.75) is 13.5 Å². The van der Waals surface area contributed by atoms with Crippen LogP contribution in [0.5, 0.6) is 5.88 Å². The number of hydrogen-bond acceptors (Lipinski definition) is 8. The molecule has 36 heavy (non-hydrogen) atoms. The quantitative estimate of drug-likeness (QED) is 0.378. The first-order valence-corrected chi connectivity index (χ1v) is 11.2. The summed E-state index contributed by atoms with van der Waals surface area (Å²) in [6, 6.07) is 15.1. The first kappa shape index (κ1) is 22.9. The van der Waals surface area contributed by atoms with Crippen molar-refractivity contribution in [2.75, 3.05) is 12.8 Å². The molecule has 0 aliphatic rings. The SMILES string of the molecule is COc1ccc(C)c(CNC(=O)c2nc(-c3ccc4ncccc4c3)c(-c3ccn(C)n3)nc2N)n1. The molecular weight excluding hydrogens is 456 g/mol. The number of nitrogen functional groups attached to an aromatic ring is 1. The number of nitrogens with zero attached hydrogens (tertiary/aromatic N) is 6. The standard InChI is InChI=1S/C26H24N8O2/c1-15-6-9-21(36-3)30-20(15)14-29-26(35)24-25(27)32-23(19-10-12-34(2)33-19)22(31-24)17-7-8-18-16(13-17)5-4-11-28-18/h4-13H,14H2,1-3H3,(H2,27,32)(H,29,35). The summed E-state index contributed by atoms with van der Waals surface area (Å²) in [4.78, 5) is 31.2. The number of aryl methyl sites for hydroxylation is 2. The van der Waals surface area contributed by atoms with E-state index < -0.39 is 5.91 Å². The van der Waals surface area contributed by atoms with E-state index in [0.717, 1.165) is 22.0 Å². The first-order valence-electron chi connectivity index (χ1n) is 11.2. The summed E-state index contributed by atoms with van der Waals surface area (Å²) in [7, 11) is 3.36. The molecule has 0 unspecified atom stereocenters. The van der Waals surface area contributed by atoms with E-state index in [0.29, 0.717) is 28.7 Å². The summed E-state index contributed by atoms with van der Waals surface area (Å²) in [5.41, 5.74) is 11.1. The fourth-order valence-electron chi connectivity index (χ4n) is 3.85. The third-order valence-corrected chi connectivity index (χ3v) is 5.77. The average molecular weight is 481 g/mol. The van der Waals surface area contributed by atoms with E-state index in [4.69, 9.17) is 10.5 Å². The van der Waals surface area contributed by atoms with Gasteiger partial charge in [-0.2, -0.15) is 5.10 Å². The van der Waals surface area contributed by atoms with Gasteiger partial charge in [0.05, 0.1) is 30.6 Å². The van der Waals surface area contributed by atoms with Crippen molar-refractivity contribution in [2.24, 2.45) is 7.05 Å². The van der Waals surface area contributed by atoms with Crippen LogP contribution in [0.25, 0.3) is 33.5 Å². The number of pyridine rings is 2. The highest BCUT2D eigenvalue weighted by atomic mass is 16.5. The number of carbonyl (C=O) groups is 1. The molecule has 0 fully saturated rings. The number of ether oxygens (including phenoxy) is 1. The molecule has 4 heterocycles. The molecule has 3 N–H and O–H groups in total. The predicted molar refractivity (Wildman–Crippen MR) is 136 cm³/mol. The summed E-state index contributed by atoms with van der Waals surface area (Å²) >= 11 is 0. The third-order valence-electron chi connectivity index (χ3n) is 5.77. The number of carbonyl (C=O) groups excluding carboxylic acids is 1. The molecule has 0 spiro atoms. The van der Waals surface area contributed by atoms with Crippen LogP contribution in [0, 0.1) is 6.92 Å². The van der Waals surface area contributed by atoms with Crippen LogP contribution in [0.3, 0.4) is 0 Å². The topological polar surface area (TPSA) is 134 Å². The first-order chi connectivity index (χ1) is 17.4. The van der Waals surface area contributed by atoms with E-state index in [2.05, 4.69) is 30.4 Å². The molecule has 10 heteroatoms. The second kappa shape index (κ2) is 9.41. The largest absolute Gasteiger partial charge is 0.481 e. The zero-order chi connectivity index (χ0) is 25.2. The Bertz CT molecular complexity index is 1590. The number of aromatic nitrogens is 6. The van der Waals surface area contributed by atoms with Gasteiger partial charge in [0.25, 0.3) is 5.91 Å². The Labute approximate surface area is 207 Å². The number of benzene rings is 1. The minimum atomic E-state index is -0.458. The lowest BCUT2D eigenvalue weighted by molar-refractivity contribution is 0.0946. The molecule has 0 aliphatic heterocycles. The van der Waals surface area contributed by atoms with Crippen LogP contribution < -0.4 is 15.8 Å². The van der Waals surface area contributed by atoms with E-state index in [1.807, 2.05) is 62.6 Å². The molecule has 0 radical (unpaired) electrons. The van der Waals surface area contributed by atoms with Gasteiger partial charge in [0.2, 0.25) is 5.88 Å². The van der Waals surface area contributed by atoms with Gasteiger partial charge in [0.15, 0.2) is 11.5 Å². The maximum atomic E-state index is 13.2. The number of rotatable bonds is 6. The predicted octanol–water partition coefficient (Wildman–Crippen LogP) is 3.32. The molecule has 0 bridgehead atoms. The number of hydrogen-bond donors (Lipinski definition) is 2. The molecule has 180 valence electrons. The normalized spacial score (nSPS) is 11.0. The summed E-state index contributed by atoms with van der Waals surface area (Å²) in [5, 5.41) is 8.26. The van der Waals surface area contributed by atoms with Crippen molar-refractivity contribution < 1.29 is 9.53 Å². The molecule has 0 aliphatic carbocycles. The van der Waals surface area contributed by atoms with Crippen LogP contribution in [0.1, 0.15) is 21.7 Å². The lowest BCUT2D eigenvalue weighted by Crippen LogP contribution is -2.26. The summed E-state index contributed by atoms with van der Waals surface area (Å²) < 4.78 is 6.87. The minimum absolute atomic E-state index is 0.00897. The fourth-order valence-corrected chi connectivity index (χ4v) is 3.85. The molecule has 0 atom stereocenters. The highest BCUT2D eigenvalue weighted by molar-refractivity contribution is 5.98. The number of methoxy groups -OCH3 is 1. The van der Waals surface area contributed by atoms with Crippen molar-refractivity contribution in [3.05, 3.63) is 77.9 Å². The van der Waals surface area contributed by atoms with Crippen molar-refractivity contribution in [1.29, 1.82) is 0 Å². The van der Waals surface area contributed by atoms with Gasteiger partial charge in [-0.15, -0.1) is 0 Å². The van der Waals surface area contributed by atoms with Gasteiger partial charge in [0.1, 0.15) is 11.4 Å². The number of nitrogens with two attached hydrogens (primary N) is 1. The van der Waals surface area contributed by atoms with E-state index >= 15 is 0 Å². The van der Waals surface area contributed by atoms with Gasteiger partial charge in [-0.3, -0.25) is 14.5 Å². The molecule has 1 aromatic carbocycles. The smallest absolute Gasteiger partial charge is 0.274 e. The number of fused-ring (bicyclic) bond motifs is 1. The molecule has 1 amide bonds. The highest BCUT2D eigenvalue weighted by Crippen LogP contribution is 2.31. The third kappa shape index (κ3) is 4.43. The zero-order valence-electron chi connectivity index (χ0n) is 20.1. The van der Waals surface area contributed by atoms with E-state index in [1.165, 1.54) is 0 Å². The van der Waals surface area contributed by atoms with E-state index in [-0.39, 0.29) is 18.1 Å². The second-order valence-electron chi connectivity index (χ2n) is 8.24. The minimum Gasteiger partial charge on any atom is -0.481 e. The van der Waals surface area contributed by atoms with Crippen LogP contribution in [-0.4, -0.2) is 42.7 Å². The lowest BCUT2D eigenvalue weighted by atomic mass is 10.0. The van der Waals surface area contributed by atoms with Crippen molar-refractivity contribution in [3.8, 4) is 28.5 Å². The molecule has 0 saturated carbocycles. The maximum absolute atomic E-state index is 13.2. The Morgan fingerprint density at radius 1 is 1.08 bits per heavy atom. The van der Waals surface area contributed by atoms with Crippen LogP contribution in [0.2, 0.25) is 0 Å². The van der Waals surface area contributed by atoms with Gasteiger partial charge < -0.3 is 15.8 Å². The second-order valence-corrected chi connectivity index (χ2v) is 8.24. The molecule has 5 aromatic rings. The number of amides is 1. The van der Waals surface area contributed by atoms with Crippen LogP contribution >= 0.6 is 0 Å². The fraction of sp³-hybridized carbons (Fsp3) is 0.154. The Balaban J connectivity index is 1.55. The van der Waals surface area contributed by atoms with Gasteiger partial charge in [-0.05, 0) is 36.8 Å². The van der Waals surface area contributed by atoms with Crippen LogP contribution in [-0.2, 0) is 13.6 Å². The van der Waals surface area contributed by atoms with Crippen molar-refractivity contribution in [3.63, 3.8) is 0 Å². The molecule has 0 saturated heterocycles. The van der Waals surface area contributed by atoms with Crippen LogP contribution in [0.15, 0.2) is 60.9 Å². The lowest BCUT2D eigenvalue weighted by Gasteiger charge is -2.13. The van der Waals surface area contributed by atoms with Crippen LogP contribution in [0.4, 0.5) is 5.82 Å². The van der Waals surface area contributed by atoms with Gasteiger partial charge >= 0.3 is 0 Å². The highest BCUT2D eigenvalue weighted by Gasteiger charge is 2.21. The average Bonchev–Trinajstić information content (AvgIpc) is 3.33. The monoisotopic (exact) mass is 480 g/mol. The Morgan fingerprint density at radius 2 is 1.94 bits per heavy atom. The van der Waals surface area contributed by atoms with Gasteiger partial charge in [-0.25, -0.2) is 15.0 Å². The Kier molecular flexibility index (Phi) is 5.99. The molecule has 10 nitrogen and oxygen atoms in total.